The topological polar surface area (TPSA) is 49.6 Å². The minimum Gasteiger partial charge on any atom is -0.337 e. The summed E-state index contributed by atoms with van der Waals surface area (Å²) in [7, 11) is 2.13. The average molecular weight is 269 g/mol. The molecule has 0 aromatic carbocycles. The van der Waals surface area contributed by atoms with E-state index >= 15 is 0 Å². The molecule has 2 atom stereocenters. The van der Waals surface area contributed by atoms with Crippen LogP contribution < -0.4 is 5.73 Å². The molecule has 0 bridgehead atoms. The summed E-state index contributed by atoms with van der Waals surface area (Å²) >= 11 is 0. The number of rotatable bonds is 5. The molecule has 0 unspecified atom stereocenters. The standard InChI is InChI=1S/C15H31N3O/c1-11(2)14(16)15(19)18-9-7-6-8-13(18)10-17(5)12(3)4/h11-14H,6-10,16H2,1-5H3/t13-,14-/m0/s1. The first-order chi connectivity index (χ1) is 8.84. The number of hydrogen-bond donors (Lipinski definition) is 1. The van der Waals surface area contributed by atoms with Crippen LogP contribution in [0.25, 0.3) is 0 Å². The Bertz CT molecular complexity index is 291. The van der Waals surface area contributed by atoms with Gasteiger partial charge >= 0.3 is 0 Å². The predicted octanol–water partition coefficient (Wildman–Crippen LogP) is 1.69. The Labute approximate surface area is 118 Å². The van der Waals surface area contributed by atoms with Gasteiger partial charge in [0.2, 0.25) is 5.91 Å². The van der Waals surface area contributed by atoms with Crippen LogP contribution in [-0.2, 0) is 4.79 Å². The van der Waals surface area contributed by atoms with Gasteiger partial charge in [0.05, 0.1) is 6.04 Å². The zero-order valence-electron chi connectivity index (χ0n) is 13.2. The summed E-state index contributed by atoms with van der Waals surface area (Å²) in [5, 5.41) is 0. The summed E-state index contributed by atoms with van der Waals surface area (Å²) in [6.45, 7) is 10.2. The maximum Gasteiger partial charge on any atom is 0.240 e. The molecule has 112 valence electrons. The zero-order chi connectivity index (χ0) is 14.6. The van der Waals surface area contributed by atoms with E-state index in [1.54, 1.807) is 0 Å². The molecule has 1 aliphatic heterocycles. The SMILES string of the molecule is CC(C)[C@H](N)C(=O)N1CCCC[C@H]1CN(C)C(C)C. The van der Waals surface area contributed by atoms with E-state index in [-0.39, 0.29) is 17.9 Å². The molecule has 0 spiro atoms. The van der Waals surface area contributed by atoms with Gasteiger partial charge in [-0.15, -0.1) is 0 Å². The molecule has 2 N–H and O–H groups in total. The van der Waals surface area contributed by atoms with Crippen LogP contribution in [0.1, 0.15) is 47.0 Å². The van der Waals surface area contributed by atoms with Crippen molar-refractivity contribution in [1.29, 1.82) is 0 Å². The van der Waals surface area contributed by atoms with Gasteiger partial charge in [-0.05, 0) is 46.1 Å². The first kappa shape index (κ1) is 16.4. The van der Waals surface area contributed by atoms with Crippen LogP contribution in [-0.4, -0.2) is 54.0 Å². The zero-order valence-corrected chi connectivity index (χ0v) is 13.2. The number of carbonyl (C=O) groups is 1. The lowest BCUT2D eigenvalue weighted by Gasteiger charge is -2.40. The van der Waals surface area contributed by atoms with E-state index in [0.717, 1.165) is 25.9 Å². The Balaban J connectivity index is 2.69. The third-order valence-electron chi connectivity index (χ3n) is 4.29. The van der Waals surface area contributed by atoms with E-state index in [1.165, 1.54) is 6.42 Å². The predicted molar refractivity (Wildman–Crippen MR) is 79.9 cm³/mol. The van der Waals surface area contributed by atoms with E-state index < -0.39 is 0 Å². The number of nitrogens with two attached hydrogens (primary N) is 1. The molecule has 0 aliphatic carbocycles. The van der Waals surface area contributed by atoms with Crippen LogP contribution in [0.4, 0.5) is 0 Å². The van der Waals surface area contributed by atoms with Crippen molar-refractivity contribution in [2.75, 3.05) is 20.1 Å². The van der Waals surface area contributed by atoms with Crippen LogP contribution in [0.5, 0.6) is 0 Å². The number of piperidine rings is 1. The van der Waals surface area contributed by atoms with Gasteiger partial charge in [-0.3, -0.25) is 4.79 Å². The van der Waals surface area contributed by atoms with Crippen molar-refractivity contribution >= 4 is 5.91 Å². The van der Waals surface area contributed by atoms with E-state index in [0.29, 0.717) is 12.1 Å². The van der Waals surface area contributed by atoms with Gasteiger partial charge in [0.15, 0.2) is 0 Å². The van der Waals surface area contributed by atoms with Gasteiger partial charge in [-0.2, -0.15) is 0 Å². The molecule has 0 aromatic heterocycles. The maximum atomic E-state index is 12.5. The van der Waals surface area contributed by atoms with Crippen molar-refractivity contribution in [3.63, 3.8) is 0 Å². The highest BCUT2D eigenvalue weighted by Gasteiger charge is 2.31. The minimum atomic E-state index is -0.357. The maximum absolute atomic E-state index is 12.5. The quantitative estimate of drug-likeness (QED) is 0.826. The number of likely N-dealkylation sites (tertiary alicyclic amines) is 1. The molecule has 1 saturated heterocycles. The number of carbonyl (C=O) groups excluding carboxylic acids is 1. The molecule has 1 aliphatic rings. The van der Waals surface area contributed by atoms with Crippen molar-refractivity contribution < 1.29 is 4.79 Å². The fourth-order valence-electron chi connectivity index (χ4n) is 2.50. The fourth-order valence-corrected chi connectivity index (χ4v) is 2.50. The van der Waals surface area contributed by atoms with Crippen molar-refractivity contribution in [3.8, 4) is 0 Å². The molecule has 4 nitrogen and oxygen atoms in total. The normalized spacial score (nSPS) is 22.4. The summed E-state index contributed by atoms with van der Waals surface area (Å²) < 4.78 is 0. The average Bonchev–Trinajstić information content (AvgIpc) is 2.37. The molecule has 1 fully saturated rings. The Morgan fingerprint density at radius 2 is 1.95 bits per heavy atom. The van der Waals surface area contributed by atoms with Crippen LogP contribution in [0, 0.1) is 5.92 Å². The van der Waals surface area contributed by atoms with Gasteiger partial charge in [0, 0.05) is 25.2 Å². The van der Waals surface area contributed by atoms with E-state index in [2.05, 4.69) is 25.8 Å². The summed E-state index contributed by atoms with van der Waals surface area (Å²) in [4.78, 5) is 16.8. The molecule has 0 aromatic rings. The Morgan fingerprint density at radius 3 is 2.47 bits per heavy atom. The van der Waals surface area contributed by atoms with Crippen LogP contribution in [0.2, 0.25) is 0 Å². The minimum absolute atomic E-state index is 0.136. The fraction of sp³-hybridized carbons (Fsp3) is 0.933. The van der Waals surface area contributed by atoms with E-state index in [4.69, 9.17) is 5.73 Å². The Hall–Kier alpha value is -0.610. The van der Waals surface area contributed by atoms with Gasteiger partial charge in [0.25, 0.3) is 0 Å². The van der Waals surface area contributed by atoms with Crippen molar-refractivity contribution in [2.45, 2.75) is 65.1 Å². The van der Waals surface area contributed by atoms with E-state index in [9.17, 15) is 4.79 Å². The number of hydrogen-bond acceptors (Lipinski definition) is 3. The summed E-state index contributed by atoms with van der Waals surface area (Å²) in [5.41, 5.74) is 6.04. The monoisotopic (exact) mass is 269 g/mol. The smallest absolute Gasteiger partial charge is 0.240 e. The van der Waals surface area contributed by atoms with Crippen LogP contribution >= 0.6 is 0 Å². The number of amides is 1. The first-order valence-electron chi connectivity index (χ1n) is 7.61. The molecule has 1 rings (SSSR count). The lowest BCUT2D eigenvalue weighted by atomic mass is 9.97. The van der Waals surface area contributed by atoms with Crippen molar-refractivity contribution in [3.05, 3.63) is 0 Å². The van der Waals surface area contributed by atoms with Gasteiger partial charge in [-0.1, -0.05) is 13.8 Å². The van der Waals surface area contributed by atoms with E-state index in [1.807, 2.05) is 18.7 Å². The first-order valence-corrected chi connectivity index (χ1v) is 7.61. The molecule has 1 heterocycles. The highest BCUT2D eigenvalue weighted by Crippen LogP contribution is 2.20. The van der Waals surface area contributed by atoms with Gasteiger partial charge in [0.1, 0.15) is 0 Å². The second-order valence-electron chi connectivity index (χ2n) is 6.48. The molecule has 0 saturated carbocycles. The third kappa shape index (κ3) is 4.46. The largest absolute Gasteiger partial charge is 0.337 e. The number of likely N-dealkylation sites (N-methyl/N-ethyl adjacent to an activating group) is 1. The highest BCUT2D eigenvalue weighted by molar-refractivity contribution is 5.82. The van der Waals surface area contributed by atoms with Crippen LogP contribution in [0.3, 0.4) is 0 Å². The molecule has 19 heavy (non-hydrogen) atoms. The second-order valence-corrected chi connectivity index (χ2v) is 6.48. The molecular formula is C15H31N3O. The second kappa shape index (κ2) is 7.25. The Kier molecular flexibility index (Phi) is 6.27. The van der Waals surface area contributed by atoms with Crippen LogP contribution in [0.15, 0.2) is 0 Å². The molecule has 4 heteroatoms. The Morgan fingerprint density at radius 1 is 1.32 bits per heavy atom. The van der Waals surface area contributed by atoms with Gasteiger partial charge in [-0.25, -0.2) is 0 Å². The van der Waals surface area contributed by atoms with Crippen molar-refractivity contribution in [2.24, 2.45) is 11.7 Å². The summed E-state index contributed by atoms with van der Waals surface area (Å²) in [5.74, 6) is 0.342. The molecule has 1 amide bonds. The molecule has 0 radical (unpaired) electrons. The highest BCUT2D eigenvalue weighted by atomic mass is 16.2. The molecular weight excluding hydrogens is 238 g/mol. The lowest BCUT2D eigenvalue weighted by molar-refractivity contribution is -0.137. The third-order valence-corrected chi connectivity index (χ3v) is 4.29. The lowest BCUT2D eigenvalue weighted by Crippen LogP contribution is -2.55. The van der Waals surface area contributed by atoms with Gasteiger partial charge < -0.3 is 15.5 Å². The van der Waals surface area contributed by atoms with Crippen molar-refractivity contribution in [1.82, 2.24) is 9.80 Å². The summed E-state index contributed by atoms with van der Waals surface area (Å²) in [6.07, 6.45) is 3.43. The summed E-state index contributed by atoms with van der Waals surface area (Å²) in [6, 6.07) is 0.487. The number of nitrogens with zero attached hydrogens (tertiary/aromatic N) is 2.